The lowest BCUT2D eigenvalue weighted by Gasteiger charge is -2.16. The number of amides is 1. The van der Waals surface area contributed by atoms with E-state index in [1.807, 2.05) is 0 Å². The van der Waals surface area contributed by atoms with Gasteiger partial charge in [0.05, 0.1) is 12.0 Å². The quantitative estimate of drug-likeness (QED) is 0.401. The summed E-state index contributed by atoms with van der Waals surface area (Å²) in [5.74, 6) is -1.27. The molecule has 0 aliphatic carbocycles. The van der Waals surface area contributed by atoms with Gasteiger partial charge in [-0.2, -0.15) is 13.2 Å². The van der Waals surface area contributed by atoms with Crippen molar-refractivity contribution in [3.63, 3.8) is 0 Å². The van der Waals surface area contributed by atoms with Crippen molar-refractivity contribution < 1.29 is 32.5 Å². The van der Waals surface area contributed by atoms with Crippen LogP contribution in [0, 0.1) is 0 Å². The Bertz CT molecular complexity index is 838. The molecule has 0 aliphatic rings. The average molecular weight is 416 g/mol. The number of benzene rings is 2. The molecule has 9 heteroatoms. The third-order valence-electron chi connectivity index (χ3n) is 3.62. The highest BCUT2D eigenvalue weighted by molar-refractivity contribution is 6.30. The second kappa shape index (κ2) is 9.45. The van der Waals surface area contributed by atoms with E-state index in [2.05, 4.69) is 10.2 Å². The Hall–Kier alpha value is -2.74. The molecule has 0 bridgehead atoms. The van der Waals surface area contributed by atoms with Crippen molar-refractivity contribution in [2.75, 3.05) is 6.54 Å². The van der Waals surface area contributed by atoms with Gasteiger partial charge in [-0.3, -0.25) is 14.6 Å². The highest BCUT2D eigenvalue weighted by Gasteiger charge is 2.35. The predicted octanol–water partition coefficient (Wildman–Crippen LogP) is 4.78. The molecule has 0 radical (unpaired) electrons. The predicted molar refractivity (Wildman–Crippen MR) is 96.5 cm³/mol. The van der Waals surface area contributed by atoms with Crippen molar-refractivity contribution in [1.82, 2.24) is 5.32 Å². The zero-order chi connectivity index (χ0) is 20.7. The van der Waals surface area contributed by atoms with E-state index in [9.17, 15) is 22.8 Å². The molecule has 1 amide bonds. The first kappa shape index (κ1) is 21.6. The van der Waals surface area contributed by atoms with Crippen LogP contribution < -0.4 is 10.2 Å². The number of carbonyl (C=O) groups is 2. The van der Waals surface area contributed by atoms with Gasteiger partial charge in [0, 0.05) is 24.1 Å². The molecule has 5 nitrogen and oxygen atoms in total. The number of halogens is 4. The SMILES string of the molecule is CC(=O)NCCCC(=O)OOc1cccc(C(F)(F)F)c1-c1ccc(Cl)cc1. The number of hydrogen-bond donors (Lipinski definition) is 1. The van der Waals surface area contributed by atoms with Crippen LogP contribution in [0.2, 0.25) is 5.02 Å². The van der Waals surface area contributed by atoms with Crippen LogP contribution in [0.25, 0.3) is 11.1 Å². The Morgan fingerprint density at radius 3 is 2.39 bits per heavy atom. The Balaban J connectivity index is 2.19. The van der Waals surface area contributed by atoms with Crippen LogP contribution in [-0.4, -0.2) is 18.4 Å². The van der Waals surface area contributed by atoms with Gasteiger partial charge in [-0.15, -0.1) is 0 Å². The van der Waals surface area contributed by atoms with Crippen molar-refractivity contribution in [3.05, 3.63) is 53.1 Å². The summed E-state index contributed by atoms with van der Waals surface area (Å²) in [6.45, 7) is 1.61. The first-order valence-corrected chi connectivity index (χ1v) is 8.64. The monoisotopic (exact) mass is 415 g/mol. The van der Waals surface area contributed by atoms with E-state index in [-0.39, 0.29) is 35.7 Å². The normalized spacial score (nSPS) is 11.0. The second-order valence-electron chi connectivity index (χ2n) is 5.81. The highest BCUT2D eigenvalue weighted by atomic mass is 35.5. The molecule has 2 rings (SSSR count). The maximum absolute atomic E-state index is 13.4. The van der Waals surface area contributed by atoms with Crippen molar-refractivity contribution in [2.24, 2.45) is 0 Å². The van der Waals surface area contributed by atoms with Crippen LogP contribution in [0.5, 0.6) is 5.75 Å². The summed E-state index contributed by atoms with van der Waals surface area (Å²) >= 11 is 5.80. The van der Waals surface area contributed by atoms with Gasteiger partial charge >= 0.3 is 12.1 Å². The van der Waals surface area contributed by atoms with Gasteiger partial charge in [0.1, 0.15) is 0 Å². The molecule has 28 heavy (non-hydrogen) atoms. The fourth-order valence-electron chi connectivity index (χ4n) is 2.38. The first-order valence-electron chi connectivity index (χ1n) is 8.26. The third-order valence-corrected chi connectivity index (χ3v) is 3.87. The van der Waals surface area contributed by atoms with Crippen molar-refractivity contribution in [2.45, 2.75) is 25.9 Å². The summed E-state index contributed by atoms with van der Waals surface area (Å²) in [5.41, 5.74) is -0.999. The summed E-state index contributed by atoms with van der Waals surface area (Å²) in [5, 5.41) is 2.87. The van der Waals surface area contributed by atoms with E-state index in [1.165, 1.54) is 37.3 Å². The molecule has 0 spiro atoms. The molecule has 150 valence electrons. The van der Waals surface area contributed by atoms with Gasteiger partial charge in [-0.05, 0) is 36.2 Å². The van der Waals surface area contributed by atoms with Crippen molar-refractivity contribution in [3.8, 4) is 16.9 Å². The molecule has 0 aromatic heterocycles. The van der Waals surface area contributed by atoms with E-state index in [1.54, 1.807) is 0 Å². The van der Waals surface area contributed by atoms with Crippen LogP contribution in [0.1, 0.15) is 25.3 Å². The zero-order valence-corrected chi connectivity index (χ0v) is 15.6. The molecular formula is C19H17ClF3NO4. The van der Waals surface area contributed by atoms with Crippen LogP contribution >= 0.6 is 11.6 Å². The average Bonchev–Trinajstić information content (AvgIpc) is 2.63. The number of rotatable bonds is 7. The van der Waals surface area contributed by atoms with Gasteiger partial charge in [-0.25, -0.2) is 4.79 Å². The maximum Gasteiger partial charge on any atom is 0.417 e. The lowest BCUT2D eigenvalue weighted by atomic mass is 9.98. The van der Waals surface area contributed by atoms with Crippen LogP contribution in [0.3, 0.4) is 0 Å². The molecule has 0 heterocycles. The van der Waals surface area contributed by atoms with E-state index >= 15 is 0 Å². The molecule has 0 unspecified atom stereocenters. The van der Waals surface area contributed by atoms with Gasteiger partial charge in [-0.1, -0.05) is 29.8 Å². The number of alkyl halides is 3. The fraction of sp³-hybridized carbons (Fsp3) is 0.263. The zero-order valence-electron chi connectivity index (χ0n) is 14.8. The smallest absolute Gasteiger partial charge is 0.356 e. The second-order valence-corrected chi connectivity index (χ2v) is 6.24. The summed E-state index contributed by atoms with van der Waals surface area (Å²) in [6, 6.07) is 9.05. The third kappa shape index (κ3) is 6.16. The molecule has 0 aliphatic heterocycles. The minimum Gasteiger partial charge on any atom is -0.356 e. The minimum atomic E-state index is -4.64. The van der Waals surface area contributed by atoms with Gasteiger partial charge in [0.25, 0.3) is 0 Å². The minimum absolute atomic E-state index is 0.0739. The Morgan fingerprint density at radius 1 is 1.11 bits per heavy atom. The summed E-state index contributed by atoms with van der Waals surface area (Å²) in [4.78, 5) is 32.1. The Kier molecular flexibility index (Phi) is 7.28. The standard InChI is InChI=1S/C19H17ClF3NO4/c1-12(25)24-11-3-6-17(26)28-27-16-5-2-4-15(19(21,22)23)18(16)13-7-9-14(20)10-8-13/h2,4-5,7-10H,3,6,11H2,1H3,(H,24,25). The van der Waals surface area contributed by atoms with E-state index in [0.717, 1.165) is 12.1 Å². The summed E-state index contributed by atoms with van der Waals surface area (Å²) < 4.78 is 40.3. The maximum atomic E-state index is 13.4. The summed E-state index contributed by atoms with van der Waals surface area (Å²) in [7, 11) is 0. The molecule has 0 saturated heterocycles. The molecule has 0 atom stereocenters. The van der Waals surface area contributed by atoms with Crippen LogP contribution in [0.4, 0.5) is 13.2 Å². The molecule has 0 fully saturated rings. The summed E-state index contributed by atoms with van der Waals surface area (Å²) in [6.07, 6.45) is -4.42. The molecular weight excluding hydrogens is 399 g/mol. The van der Waals surface area contributed by atoms with E-state index < -0.39 is 17.7 Å². The van der Waals surface area contributed by atoms with Gasteiger partial charge in [0.15, 0.2) is 5.75 Å². The molecule has 0 saturated carbocycles. The highest BCUT2D eigenvalue weighted by Crippen LogP contribution is 2.42. The lowest BCUT2D eigenvalue weighted by molar-refractivity contribution is -0.213. The number of nitrogens with one attached hydrogen (secondary N) is 1. The fourth-order valence-corrected chi connectivity index (χ4v) is 2.51. The van der Waals surface area contributed by atoms with Crippen LogP contribution in [0.15, 0.2) is 42.5 Å². The number of carbonyl (C=O) groups excluding carboxylic acids is 2. The van der Waals surface area contributed by atoms with E-state index in [4.69, 9.17) is 16.5 Å². The van der Waals surface area contributed by atoms with Crippen molar-refractivity contribution >= 4 is 23.5 Å². The number of hydrogen-bond acceptors (Lipinski definition) is 4. The Labute approximate surface area is 164 Å². The molecule has 2 aromatic rings. The topological polar surface area (TPSA) is 64.6 Å². The van der Waals surface area contributed by atoms with Crippen molar-refractivity contribution in [1.29, 1.82) is 0 Å². The largest absolute Gasteiger partial charge is 0.417 e. The first-order chi connectivity index (χ1) is 13.2. The molecule has 2 aromatic carbocycles. The lowest BCUT2D eigenvalue weighted by Crippen LogP contribution is -2.22. The van der Waals surface area contributed by atoms with Gasteiger partial charge in [0.2, 0.25) is 5.91 Å². The Morgan fingerprint density at radius 2 is 1.79 bits per heavy atom. The van der Waals surface area contributed by atoms with Crippen LogP contribution in [-0.2, 0) is 20.7 Å². The van der Waals surface area contributed by atoms with Gasteiger partial charge < -0.3 is 5.32 Å². The molecule has 1 N–H and O–H groups in total. The van der Waals surface area contributed by atoms with E-state index in [0.29, 0.717) is 11.4 Å².